The highest BCUT2D eigenvalue weighted by molar-refractivity contribution is 7.80. The highest BCUT2D eigenvalue weighted by atomic mass is 32.1. The van der Waals surface area contributed by atoms with Gasteiger partial charge in [-0.2, -0.15) is 0 Å². The SMILES string of the molecule is CCCOc1ccc(C(=S)NCc2ccccc2)cc1. The first-order chi connectivity index (χ1) is 9.79. The predicted octanol–water partition coefficient (Wildman–Crippen LogP) is 3.94. The van der Waals surface area contributed by atoms with E-state index >= 15 is 0 Å². The molecule has 0 aromatic heterocycles. The van der Waals surface area contributed by atoms with E-state index in [2.05, 4.69) is 24.4 Å². The summed E-state index contributed by atoms with van der Waals surface area (Å²) in [4.78, 5) is 0.760. The molecule has 0 saturated carbocycles. The monoisotopic (exact) mass is 285 g/mol. The summed E-state index contributed by atoms with van der Waals surface area (Å²) in [5.41, 5.74) is 2.23. The van der Waals surface area contributed by atoms with Gasteiger partial charge in [-0.15, -0.1) is 0 Å². The highest BCUT2D eigenvalue weighted by Crippen LogP contribution is 2.13. The fourth-order valence-electron chi connectivity index (χ4n) is 1.80. The zero-order valence-corrected chi connectivity index (χ0v) is 12.5. The summed E-state index contributed by atoms with van der Waals surface area (Å²) in [6.45, 7) is 3.58. The summed E-state index contributed by atoms with van der Waals surface area (Å²) in [6.07, 6.45) is 1.01. The maximum atomic E-state index is 5.56. The molecule has 0 heterocycles. The Labute approximate surface area is 125 Å². The second kappa shape index (κ2) is 7.65. The van der Waals surface area contributed by atoms with Gasteiger partial charge in [0.25, 0.3) is 0 Å². The van der Waals surface area contributed by atoms with Gasteiger partial charge in [0, 0.05) is 12.1 Å². The van der Waals surface area contributed by atoms with Gasteiger partial charge in [-0.05, 0) is 36.2 Å². The summed E-state index contributed by atoms with van der Waals surface area (Å²) < 4.78 is 5.56. The quantitative estimate of drug-likeness (QED) is 0.812. The van der Waals surface area contributed by atoms with Crippen molar-refractivity contribution in [2.75, 3.05) is 6.61 Å². The molecule has 0 aliphatic heterocycles. The smallest absolute Gasteiger partial charge is 0.119 e. The normalized spacial score (nSPS) is 10.1. The Balaban J connectivity index is 1.89. The van der Waals surface area contributed by atoms with Crippen molar-refractivity contribution in [3.05, 3.63) is 65.7 Å². The molecule has 0 spiro atoms. The van der Waals surface area contributed by atoms with Crippen LogP contribution in [0.1, 0.15) is 24.5 Å². The van der Waals surface area contributed by atoms with Gasteiger partial charge in [0.15, 0.2) is 0 Å². The second-order valence-corrected chi connectivity index (χ2v) is 4.95. The van der Waals surface area contributed by atoms with Gasteiger partial charge in [-0.25, -0.2) is 0 Å². The van der Waals surface area contributed by atoms with Crippen LogP contribution in [0.2, 0.25) is 0 Å². The maximum Gasteiger partial charge on any atom is 0.119 e. The van der Waals surface area contributed by atoms with Crippen molar-refractivity contribution in [3.8, 4) is 5.75 Å². The van der Waals surface area contributed by atoms with Crippen molar-refractivity contribution < 1.29 is 4.74 Å². The van der Waals surface area contributed by atoms with Crippen LogP contribution in [0.5, 0.6) is 5.75 Å². The molecule has 1 N–H and O–H groups in total. The first kappa shape index (κ1) is 14.5. The molecule has 104 valence electrons. The lowest BCUT2D eigenvalue weighted by atomic mass is 10.2. The molecule has 0 saturated heterocycles. The number of hydrogen-bond acceptors (Lipinski definition) is 2. The van der Waals surface area contributed by atoms with Crippen molar-refractivity contribution in [1.29, 1.82) is 0 Å². The molecule has 0 radical (unpaired) electrons. The molecule has 0 amide bonds. The summed E-state index contributed by atoms with van der Waals surface area (Å²) >= 11 is 5.40. The van der Waals surface area contributed by atoms with Crippen LogP contribution in [-0.4, -0.2) is 11.6 Å². The third kappa shape index (κ3) is 4.35. The molecule has 2 aromatic rings. The van der Waals surface area contributed by atoms with Gasteiger partial charge in [0.2, 0.25) is 0 Å². The molecular weight excluding hydrogens is 266 g/mol. The summed E-state index contributed by atoms with van der Waals surface area (Å²) in [7, 11) is 0. The zero-order chi connectivity index (χ0) is 14.2. The largest absolute Gasteiger partial charge is 0.494 e. The molecule has 0 bridgehead atoms. The van der Waals surface area contributed by atoms with E-state index in [1.54, 1.807) is 0 Å². The van der Waals surface area contributed by atoms with Crippen molar-refractivity contribution in [3.63, 3.8) is 0 Å². The maximum absolute atomic E-state index is 5.56. The van der Waals surface area contributed by atoms with Gasteiger partial charge in [0.05, 0.1) is 6.61 Å². The number of thiocarbonyl (C=S) groups is 1. The van der Waals surface area contributed by atoms with E-state index in [0.717, 1.165) is 35.9 Å². The van der Waals surface area contributed by atoms with Crippen LogP contribution in [0.4, 0.5) is 0 Å². The minimum atomic E-state index is 0.744. The predicted molar refractivity (Wildman–Crippen MR) is 87.2 cm³/mol. The average Bonchev–Trinajstić information content (AvgIpc) is 2.52. The number of hydrogen-bond donors (Lipinski definition) is 1. The number of ether oxygens (including phenoxy) is 1. The molecule has 0 unspecified atom stereocenters. The van der Waals surface area contributed by atoms with Crippen molar-refractivity contribution in [2.24, 2.45) is 0 Å². The van der Waals surface area contributed by atoms with E-state index in [9.17, 15) is 0 Å². The summed E-state index contributed by atoms with van der Waals surface area (Å²) in [6, 6.07) is 18.1. The lowest BCUT2D eigenvalue weighted by molar-refractivity contribution is 0.317. The third-order valence-corrected chi connectivity index (χ3v) is 3.27. The van der Waals surface area contributed by atoms with Gasteiger partial charge in [-0.3, -0.25) is 0 Å². The fourth-order valence-corrected chi connectivity index (χ4v) is 2.01. The van der Waals surface area contributed by atoms with Crippen LogP contribution in [0.3, 0.4) is 0 Å². The lowest BCUT2D eigenvalue weighted by Crippen LogP contribution is -2.21. The fraction of sp³-hybridized carbons (Fsp3) is 0.235. The van der Waals surface area contributed by atoms with Crippen LogP contribution in [-0.2, 0) is 6.54 Å². The van der Waals surface area contributed by atoms with E-state index in [4.69, 9.17) is 17.0 Å². The molecule has 2 aromatic carbocycles. The van der Waals surface area contributed by atoms with E-state index < -0.39 is 0 Å². The topological polar surface area (TPSA) is 21.3 Å². The minimum absolute atomic E-state index is 0.744. The van der Waals surface area contributed by atoms with Gasteiger partial charge >= 0.3 is 0 Å². The van der Waals surface area contributed by atoms with Crippen molar-refractivity contribution in [2.45, 2.75) is 19.9 Å². The first-order valence-corrected chi connectivity index (χ1v) is 7.25. The van der Waals surface area contributed by atoms with Crippen LogP contribution in [0, 0.1) is 0 Å². The molecule has 0 atom stereocenters. The highest BCUT2D eigenvalue weighted by Gasteiger charge is 2.01. The van der Waals surface area contributed by atoms with Crippen molar-refractivity contribution >= 4 is 17.2 Å². The number of rotatable bonds is 6. The van der Waals surface area contributed by atoms with Gasteiger partial charge in [0.1, 0.15) is 10.7 Å². The molecule has 3 heteroatoms. The van der Waals surface area contributed by atoms with Crippen LogP contribution < -0.4 is 10.1 Å². The molecule has 0 aliphatic carbocycles. The van der Waals surface area contributed by atoms with Crippen LogP contribution >= 0.6 is 12.2 Å². The average molecular weight is 285 g/mol. The Hall–Kier alpha value is -1.87. The first-order valence-electron chi connectivity index (χ1n) is 6.84. The molecule has 0 fully saturated rings. The van der Waals surface area contributed by atoms with E-state index in [1.165, 1.54) is 5.56 Å². The van der Waals surface area contributed by atoms with Crippen LogP contribution in [0.25, 0.3) is 0 Å². The Morgan fingerprint density at radius 1 is 1.05 bits per heavy atom. The van der Waals surface area contributed by atoms with Crippen molar-refractivity contribution in [1.82, 2.24) is 5.32 Å². The van der Waals surface area contributed by atoms with E-state index in [0.29, 0.717) is 0 Å². The minimum Gasteiger partial charge on any atom is -0.494 e. The van der Waals surface area contributed by atoms with Gasteiger partial charge in [-0.1, -0.05) is 49.5 Å². The number of nitrogens with one attached hydrogen (secondary N) is 1. The Morgan fingerprint density at radius 2 is 1.75 bits per heavy atom. The third-order valence-electron chi connectivity index (χ3n) is 2.89. The molecule has 2 nitrogen and oxygen atoms in total. The zero-order valence-electron chi connectivity index (χ0n) is 11.6. The standard InChI is InChI=1S/C17H19NOS/c1-2-12-19-16-10-8-15(9-11-16)17(20)18-13-14-6-4-3-5-7-14/h3-11H,2,12-13H2,1H3,(H,18,20). The molecule has 2 rings (SSSR count). The Morgan fingerprint density at radius 3 is 2.40 bits per heavy atom. The van der Waals surface area contributed by atoms with E-state index in [1.807, 2.05) is 42.5 Å². The van der Waals surface area contributed by atoms with Gasteiger partial charge < -0.3 is 10.1 Å². The Kier molecular flexibility index (Phi) is 5.56. The second-order valence-electron chi connectivity index (χ2n) is 4.54. The molecular formula is C17H19NOS. The molecule has 0 aliphatic rings. The summed E-state index contributed by atoms with van der Waals surface area (Å²) in [5.74, 6) is 0.890. The van der Waals surface area contributed by atoms with Crippen LogP contribution in [0.15, 0.2) is 54.6 Å². The van der Waals surface area contributed by atoms with E-state index in [-0.39, 0.29) is 0 Å². The summed E-state index contributed by atoms with van der Waals surface area (Å²) in [5, 5.41) is 3.27. The Bertz CT molecular complexity index is 537. The number of benzene rings is 2. The lowest BCUT2D eigenvalue weighted by Gasteiger charge is -2.09. The molecule has 20 heavy (non-hydrogen) atoms.